The fourth-order valence-electron chi connectivity index (χ4n) is 2.90. The number of hydrogen-bond acceptors (Lipinski definition) is 6. The lowest BCUT2D eigenvalue weighted by Crippen LogP contribution is -2.43. The van der Waals surface area contributed by atoms with E-state index in [1.807, 2.05) is 24.3 Å². The van der Waals surface area contributed by atoms with Crippen molar-refractivity contribution in [2.24, 2.45) is 0 Å². The van der Waals surface area contributed by atoms with Gasteiger partial charge in [-0.25, -0.2) is 9.78 Å². The highest BCUT2D eigenvalue weighted by Crippen LogP contribution is 2.26. The Labute approximate surface area is 153 Å². The van der Waals surface area contributed by atoms with E-state index in [1.54, 1.807) is 24.3 Å². The number of imide groups is 1. The third kappa shape index (κ3) is 2.66. The summed E-state index contributed by atoms with van der Waals surface area (Å²) in [5.74, 6) is -1.59. The molecule has 0 spiro atoms. The van der Waals surface area contributed by atoms with Gasteiger partial charge in [0, 0.05) is 0 Å². The summed E-state index contributed by atoms with van der Waals surface area (Å²) in [6.07, 6.45) is 0. The molecule has 0 N–H and O–H groups in total. The van der Waals surface area contributed by atoms with Crippen molar-refractivity contribution in [1.29, 1.82) is 0 Å². The summed E-state index contributed by atoms with van der Waals surface area (Å²) in [5, 5.41) is 0.661. The largest absolute Gasteiger partial charge is 0.457 e. The summed E-state index contributed by atoms with van der Waals surface area (Å²) in [4.78, 5) is 42.6. The number of hydrogen-bond donors (Lipinski definition) is 0. The van der Waals surface area contributed by atoms with E-state index < -0.39 is 23.8 Å². The molecule has 2 amide bonds. The number of esters is 1. The van der Waals surface area contributed by atoms with E-state index in [0.29, 0.717) is 16.1 Å². The van der Waals surface area contributed by atoms with Crippen molar-refractivity contribution in [3.05, 3.63) is 64.7 Å². The van der Waals surface area contributed by atoms with Crippen molar-refractivity contribution in [2.75, 3.05) is 0 Å². The number of benzene rings is 2. The number of carbonyl (C=O) groups is 3. The highest BCUT2D eigenvalue weighted by Gasteiger charge is 2.41. The fraction of sp³-hybridized carbons (Fsp3) is 0.158. The first-order valence-electron chi connectivity index (χ1n) is 8.04. The van der Waals surface area contributed by atoms with Crippen LogP contribution >= 0.6 is 11.3 Å². The minimum atomic E-state index is -1.00. The number of rotatable bonds is 4. The van der Waals surface area contributed by atoms with Crippen LogP contribution in [-0.4, -0.2) is 33.7 Å². The average Bonchev–Trinajstić information content (AvgIpc) is 3.18. The van der Waals surface area contributed by atoms with Gasteiger partial charge in [-0.15, -0.1) is 11.3 Å². The molecule has 4 rings (SSSR count). The third-order valence-electron chi connectivity index (χ3n) is 4.23. The first kappa shape index (κ1) is 16.4. The zero-order valence-electron chi connectivity index (χ0n) is 13.8. The summed E-state index contributed by atoms with van der Waals surface area (Å²) in [6.45, 7) is 1.49. The fourth-order valence-corrected chi connectivity index (χ4v) is 3.78. The number of amides is 2. The molecule has 1 atom stereocenters. The molecular weight excluding hydrogens is 352 g/mol. The monoisotopic (exact) mass is 366 g/mol. The second-order valence-electron chi connectivity index (χ2n) is 5.88. The maximum atomic E-state index is 12.4. The molecule has 2 heterocycles. The lowest BCUT2D eigenvalue weighted by Gasteiger charge is -2.20. The Morgan fingerprint density at radius 1 is 1.08 bits per heavy atom. The lowest BCUT2D eigenvalue weighted by molar-refractivity contribution is -0.149. The van der Waals surface area contributed by atoms with Crippen molar-refractivity contribution >= 4 is 39.3 Å². The van der Waals surface area contributed by atoms with Crippen molar-refractivity contribution in [3.63, 3.8) is 0 Å². The van der Waals surface area contributed by atoms with Crippen LogP contribution in [0, 0.1) is 0 Å². The minimum Gasteiger partial charge on any atom is -0.457 e. The van der Waals surface area contributed by atoms with Gasteiger partial charge in [0.25, 0.3) is 11.8 Å². The summed E-state index contributed by atoms with van der Waals surface area (Å²) in [7, 11) is 0. The van der Waals surface area contributed by atoms with Crippen LogP contribution in [0.4, 0.5) is 0 Å². The van der Waals surface area contributed by atoms with E-state index >= 15 is 0 Å². The number of nitrogens with zero attached hydrogens (tertiary/aromatic N) is 2. The van der Waals surface area contributed by atoms with Gasteiger partial charge in [-0.3, -0.25) is 14.5 Å². The quantitative estimate of drug-likeness (QED) is 0.524. The van der Waals surface area contributed by atoms with Crippen molar-refractivity contribution in [3.8, 4) is 0 Å². The first-order valence-corrected chi connectivity index (χ1v) is 8.86. The van der Waals surface area contributed by atoms with E-state index in [4.69, 9.17) is 4.74 Å². The van der Waals surface area contributed by atoms with Gasteiger partial charge in [-0.2, -0.15) is 0 Å². The Kier molecular flexibility index (Phi) is 4.00. The van der Waals surface area contributed by atoms with Gasteiger partial charge < -0.3 is 4.74 Å². The zero-order chi connectivity index (χ0) is 18.3. The molecule has 0 saturated carbocycles. The predicted octanol–water partition coefficient (Wildman–Crippen LogP) is 3.02. The maximum absolute atomic E-state index is 12.4. The van der Waals surface area contributed by atoms with Gasteiger partial charge in [0.05, 0.1) is 21.3 Å². The molecule has 26 heavy (non-hydrogen) atoms. The zero-order valence-corrected chi connectivity index (χ0v) is 14.7. The minimum absolute atomic E-state index is 0.00564. The second-order valence-corrected chi connectivity index (χ2v) is 7.00. The number of ether oxygens (including phenoxy) is 1. The highest BCUT2D eigenvalue weighted by molar-refractivity contribution is 7.18. The molecule has 0 aliphatic carbocycles. The van der Waals surface area contributed by atoms with Crippen molar-refractivity contribution in [2.45, 2.75) is 19.6 Å². The second kappa shape index (κ2) is 6.34. The molecule has 0 saturated heterocycles. The smallest absolute Gasteiger partial charge is 0.329 e. The highest BCUT2D eigenvalue weighted by atomic mass is 32.1. The van der Waals surface area contributed by atoms with Gasteiger partial charge in [-0.05, 0) is 31.2 Å². The van der Waals surface area contributed by atoms with Gasteiger partial charge in [0.1, 0.15) is 17.7 Å². The maximum Gasteiger partial charge on any atom is 0.329 e. The summed E-state index contributed by atoms with van der Waals surface area (Å²) in [5.41, 5.74) is 1.46. The van der Waals surface area contributed by atoms with Crippen LogP contribution in [0.25, 0.3) is 10.2 Å². The Morgan fingerprint density at radius 2 is 1.69 bits per heavy atom. The van der Waals surface area contributed by atoms with E-state index in [1.165, 1.54) is 18.3 Å². The van der Waals surface area contributed by atoms with Crippen LogP contribution in [0.1, 0.15) is 32.6 Å². The standard InChI is InChI=1S/C19H14N2O4S/c1-11(21-17(22)12-6-2-3-7-13(12)18(21)23)19(24)25-10-16-20-14-8-4-5-9-15(14)26-16/h2-9,11H,10H2,1H3. The van der Waals surface area contributed by atoms with Crippen LogP contribution in [0.15, 0.2) is 48.5 Å². The molecule has 7 heteroatoms. The molecule has 0 radical (unpaired) electrons. The lowest BCUT2D eigenvalue weighted by atomic mass is 10.1. The van der Waals surface area contributed by atoms with Crippen LogP contribution in [0.3, 0.4) is 0 Å². The van der Waals surface area contributed by atoms with Gasteiger partial charge >= 0.3 is 5.97 Å². The molecule has 3 aromatic rings. The number of fused-ring (bicyclic) bond motifs is 2. The van der Waals surface area contributed by atoms with Crippen LogP contribution in [0.2, 0.25) is 0 Å². The van der Waals surface area contributed by atoms with E-state index in [2.05, 4.69) is 4.98 Å². The predicted molar refractivity (Wildman–Crippen MR) is 95.8 cm³/mol. The van der Waals surface area contributed by atoms with E-state index in [0.717, 1.165) is 15.1 Å². The number of para-hydroxylation sites is 1. The number of carbonyl (C=O) groups excluding carboxylic acids is 3. The molecule has 1 aromatic heterocycles. The van der Waals surface area contributed by atoms with Gasteiger partial charge in [-0.1, -0.05) is 24.3 Å². The van der Waals surface area contributed by atoms with E-state index in [-0.39, 0.29) is 6.61 Å². The molecule has 1 unspecified atom stereocenters. The molecule has 0 fully saturated rings. The van der Waals surface area contributed by atoms with Gasteiger partial charge in [0.15, 0.2) is 0 Å². The molecular formula is C19H14N2O4S. The summed E-state index contributed by atoms with van der Waals surface area (Å²) in [6, 6.07) is 13.2. The van der Waals surface area contributed by atoms with Crippen LogP contribution in [0.5, 0.6) is 0 Å². The Bertz CT molecular complexity index is 975. The SMILES string of the molecule is CC(C(=O)OCc1nc2ccccc2s1)N1C(=O)c2ccccc2C1=O. The number of aromatic nitrogens is 1. The molecule has 0 bridgehead atoms. The molecule has 1 aliphatic rings. The molecule has 6 nitrogen and oxygen atoms in total. The molecule has 2 aromatic carbocycles. The third-order valence-corrected chi connectivity index (χ3v) is 5.24. The summed E-state index contributed by atoms with van der Waals surface area (Å²) >= 11 is 1.44. The normalized spacial score (nSPS) is 14.6. The van der Waals surface area contributed by atoms with Crippen LogP contribution in [-0.2, 0) is 16.1 Å². The van der Waals surface area contributed by atoms with Gasteiger partial charge in [0.2, 0.25) is 0 Å². The first-order chi connectivity index (χ1) is 12.6. The Morgan fingerprint density at radius 3 is 2.35 bits per heavy atom. The summed E-state index contributed by atoms with van der Waals surface area (Å²) < 4.78 is 6.30. The average molecular weight is 366 g/mol. The van der Waals surface area contributed by atoms with Crippen LogP contribution < -0.4 is 0 Å². The number of thiazole rings is 1. The Hall–Kier alpha value is -3.06. The Balaban J connectivity index is 1.47. The molecule has 130 valence electrons. The van der Waals surface area contributed by atoms with Crippen molar-refractivity contribution in [1.82, 2.24) is 9.88 Å². The molecule has 1 aliphatic heterocycles. The van der Waals surface area contributed by atoms with Crippen molar-refractivity contribution < 1.29 is 19.1 Å². The van der Waals surface area contributed by atoms with E-state index in [9.17, 15) is 14.4 Å². The topological polar surface area (TPSA) is 76.6 Å².